The van der Waals surface area contributed by atoms with Crippen LogP contribution in [0.4, 0.5) is 10.5 Å². The topological polar surface area (TPSA) is 77.1 Å². The highest BCUT2D eigenvalue weighted by molar-refractivity contribution is 6.02. The molecule has 2 aromatic carbocycles. The minimum absolute atomic E-state index is 0.0563. The molecule has 1 fully saturated rings. The van der Waals surface area contributed by atoms with Crippen LogP contribution in [0.15, 0.2) is 60.3 Å². The zero-order valence-electron chi connectivity index (χ0n) is 18.0. The minimum atomic E-state index is -0.590. The molecule has 1 saturated heterocycles. The predicted octanol–water partition coefficient (Wildman–Crippen LogP) is 4.94. The second kappa shape index (κ2) is 8.07. The van der Waals surface area contributed by atoms with E-state index in [4.69, 9.17) is 14.3 Å². The van der Waals surface area contributed by atoms with Crippen molar-refractivity contribution in [2.75, 3.05) is 5.32 Å². The van der Waals surface area contributed by atoms with Gasteiger partial charge in [-0.15, -0.1) is 0 Å². The maximum atomic E-state index is 12.3. The Hall–Kier alpha value is -3.32. The Morgan fingerprint density at radius 3 is 2.65 bits per heavy atom. The van der Waals surface area contributed by atoms with E-state index in [2.05, 4.69) is 5.32 Å². The van der Waals surface area contributed by atoms with Crippen molar-refractivity contribution in [2.24, 2.45) is 0 Å². The molecular formula is C24H26N2O5. The van der Waals surface area contributed by atoms with Crippen LogP contribution in [0.2, 0.25) is 0 Å². The van der Waals surface area contributed by atoms with Gasteiger partial charge in [0.05, 0.1) is 5.69 Å². The van der Waals surface area contributed by atoms with Crippen LogP contribution in [-0.2, 0) is 14.3 Å². The molecule has 0 saturated carbocycles. The van der Waals surface area contributed by atoms with E-state index in [9.17, 15) is 9.59 Å². The van der Waals surface area contributed by atoms with E-state index in [0.717, 1.165) is 16.3 Å². The number of fused-ring (bicyclic) bond motifs is 2. The zero-order chi connectivity index (χ0) is 22.2. The molecule has 31 heavy (non-hydrogen) atoms. The average Bonchev–Trinajstić information content (AvgIpc) is 2.70. The van der Waals surface area contributed by atoms with Gasteiger partial charge in [-0.25, -0.2) is 4.79 Å². The van der Waals surface area contributed by atoms with Gasteiger partial charge in [0.25, 0.3) is 0 Å². The van der Waals surface area contributed by atoms with Crippen LogP contribution in [0.3, 0.4) is 0 Å². The van der Waals surface area contributed by atoms with Crippen LogP contribution in [0, 0.1) is 0 Å². The number of hydrogen-bond donors (Lipinski definition) is 1. The fourth-order valence-electron chi connectivity index (χ4n) is 3.55. The van der Waals surface area contributed by atoms with E-state index in [-0.39, 0.29) is 5.78 Å². The van der Waals surface area contributed by atoms with E-state index < -0.39 is 24.0 Å². The molecule has 2 aliphatic heterocycles. The van der Waals surface area contributed by atoms with Gasteiger partial charge in [0.2, 0.25) is 0 Å². The summed E-state index contributed by atoms with van der Waals surface area (Å²) in [7, 11) is 0. The minimum Gasteiger partial charge on any atom is -0.444 e. The Morgan fingerprint density at radius 2 is 1.90 bits per heavy atom. The predicted molar refractivity (Wildman–Crippen MR) is 117 cm³/mol. The monoisotopic (exact) mass is 422 g/mol. The molecule has 2 heterocycles. The summed E-state index contributed by atoms with van der Waals surface area (Å²) in [5, 5.41) is 6.06. The fourth-order valence-corrected chi connectivity index (χ4v) is 3.55. The summed E-state index contributed by atoms with van der Waals surface area (Å²) in [6, 6.07) is 11.2. The zero-order valence-corrected chi connectivity index (χ0v) is 18.0. The molecule has 2 aromatic rings. The molecule has 2 atom stereocenters. The summed E-state index contributed by atoms with van der Waals surface area (Å²) in [5.74, 6) is 0.658. The Morgan fingerprint density at radius 1 is 1.16 bits per heavy atom. The number of allylic oxidation sites excluding steroid dienone is 2. The van der Waals surface area contributed by atoms with Gasteiger partial charge in [-0.3, -0.25) is 10.1 Å². The van der Waals surface area contributed by atoms with Crippen molar-refractivity contribution in [2.45, 2.75) is 52.0 Å². The van der Waals surface area contributed by atoms with E-state index in [1.807, 2.05) is 57.2 Å². The highest BCUT2D eigenvalue weighted by Crippen LogP contribution is 2.35. The van der Waals surface area contributed by atoms with Crippen LogP contribution >= 0.6 is 0 Å². The average molecular weight is 422 g/mol. The molecule has 162 valence electrons. The van der Waals surface area contributed by atoms with Crippen LogP contribution in [0.5, 0.6) is 5.75 Å². The molecular weight excluding hydrogens is 396 g/mol. The van der Waals surface area contributed by atoms with Crippen molar-refractivity contribution in [3.8, 4) is 5.75 Å². The molecule has 4 rings (SSSR count). The smallest absolute Gasteiger partial charge is 0.412 e. The number of ketones is 1. The summed E-state index contributed by atoms with van der Waals surface area (Å²) in [6.45, 7) is 7.21. The number of carbonyl (C=O) groups is 2. The third-order valence-electron chi connectivity index (χ3n) is 4.98. The number of benzene rings is 2. The SMILES string of the molecule is CC1OC2C(=CC=CN2Oc2ccc(NC(=O)OC(C)(C)C)c3ccccc23)CC1=O. The van der Waals surface area contributed by atoms with Crippen LogP contribution < -0.4 is 10.2 Å². The number of nitrogens with zero attached hydrogens (tertiary/aromatic N) is 1. The molecule has 0 aliphatic carbocycles. The van der Waals surface area contributed by atoms with Gasteiger partial charge in [0.1, 0.15) is 11.7 Å². The van der Waals surface area contributed by atoms with Gasteiger partial charge >= 0.3 is 6.09 Å². The molecule has 1 amide bonds. The second-order valence-corrected chi connectivity index (χ2v) is 8.59. The summed E-state index contributed by atoms with van der Waals surface area (Å²) >= 11 is 0. The van der Waals surface area contributed by atoms with Gasteiger partial charge in [0.15, 0.2) is 17.8 Å². The van der Waals surface area contributed by atoms with Gasteiger partial charge in [0, 0.05) is 23.4 Å². The Labute approximate surface area is 181 Å². The number of carbonyl (C=O) groups excluding carboxylic acids is 2. The maximum absolute atomic E-state index is 12.3. The summed E-state index contributed by atoms with van der Waals surface area (Å²) in [6.07, 6.45) is 4.37. The van der Waals surface area contributed by atoms with Crippen molar-refractivity contribution in [1.29, 1.82) is 0 Å². The Kier molecular flexibility index (Phi) is 5.45. The lowest BCUT2D eigenvalue weighted by Crippen LogP contribution is -2.46. The number of amides is 1. The van der Waals surface area contributed by atoms with E-state index in [1.54, 1.807) is 30.3 Å². The Balaban J connectivity index is 1.60. The van der Waals surface area contributed by atoms with Crippen molar-refractivity contribution in [3.63, 3.8) is 0 Å². The molecule has 7 heteroatoms. The molecule has 7 nitrogen and oxygen atoms in total. The quantitative estimate of drug-likeness (QED) is 0.755. The Bertz CT molecular complexity index is 1080. The highest BCUT2D eigenvalue weighted by Gasteiger charge is 2.35. The molecule has 0 radical (unpaired) electrons. The third kappa shape index (κ3) is 4.56. The maximum Gasteiger partial charge on any atom is 0.412 e. The summed E-state index contributed by atoms with van der Waals surface area (Å²) in [5.41, 5.74) is 0.894. The lowest BCUT2D eigenvalue weighted by molar-refractivity contribution is -0.180. The van der Waals surface area contributed by atoms with Crippen molar-refractivity contribution in [1.82, 2.24) is 5.06 Å². The van der Waals surface area contributed by atoms with E-state index in [1.165, 1.54) is 0 Å². The van der Waals surface area contributed by atoms with E-state index >= 15 is 0 Å². The lowest BCUT2D eigenvalue weighted by Gasteiger charge is -2.37. The lowest BCUT2D eigenvalue weighted by atomic mass is 9.99. The number of rotatable bonds is 3. The van der Waals surface area contributed by atoms with Crippen LogP contribution in [-0.4, -0.2) is 34.9 Å². The van der Waals surface area contributed by atoms with Crippen LogP contribution in [0.25, 0.3) is 10.8 Å². The van der Waals surface area contributed by atoms with Gasteiger partial charge in [-0.2, -0.15) is 5.06 Å². The van der Waals surface area contributed by atoms with Gasteiger partial charge in [-0.1, -0.05) is 30.3 Å². The largest absolute Gasteiger partial charge is 0.444 e. The van der Waals surface area contributed by atoms with Crippen LogP contribution in [0.1, 0.15) is 34.1 Å². The van der Waals surface area contributed by atoms with Gasteiger partial charge in [-0.05, 0) is 51.5 Å². The number of hydrogen-bond acceptors (Lipinski definition) is 6. The standard InChI is InChI=1S/C24H26N2O5/c1-15-20(27)14-16-8-7-13-26(22(16)29-15)31-21-12-11-19(17-9-5-6-10-18(17)21)25-23(28)30-24(2,3)4/h5-13,15,22H,14H2,1-4H3,(H,25,28). The number of hydroxylamine groups is 2. The molecule has 2 unspecified atom stereocenters. The first kappa shape index (κ1) is 20.9. The molecule has 0 bridgehead atoms. The first-order chi connectivity index (χ1) is 14.7. The molecule has 2 aliphatic rings. The first-order valence-electron chi connectivity index (χ1n) is 10.2. The highest BCUT2D eigenvalue weighted by atomic mass is 16.7. The number of nitrogens with one attached hydrogen (secondary N) is 1. The second-order valence-electron chi connectivity index (χ2n) is 8.59. The van der Waals surface area contributed by atoms with E-state index in [0.29, 0.717) is 17.9 Å². The molecule has 1 N–H and O–H groups in total. The van der Waals surface area contributed by atoms with Crippen molar-refractivity contribution < 1.29 is 23.9 Å². The first-order valence-corrected chi connectivity index (χ1v) is 10.2. The number of ether oxygens (including phenoxy) is 2. The van der Waals surface area contributed by atoms with Crippen molar-refractivity contribution >= 4 is 28.3 Å². The van der Waals surface area contributed by atoms with Crippen molar-refractivity contribution in [3.05, 3.63) is 60.3 Å². The molecule has 0 spiro atoms. The summed E-state index contributed by atoms with van der Waals surface area (Å²) in [4.78, 5) is 30.5. The normalized spacial score (nSPS) is 20.8. The number of anilines is 1. The van der Waals surface area contributed by atoms with Gasteiger partial charge < -0.3 is 14.3 Å². The molecule has 0 aromatic heterocycles. The fraction of sp³-hybridized carbons (Fsp3) is 0.333. The number of Topliss-reactive ketones (excluding diaryl/α,β-unsaturated/α-hetero) is 1. The summed E-state index contributed by atoms with van der Waals surface area (Å²) < 4.78 is 11.3. The third-order valence-corrected chi connectivity index (χ3v) is 4.98.